The molecule has 3 atom stereocenters. The van der Waals surface area contributed by atoms with Gasteiger partial charge in [0.25, 0.3) is 0 Å². The third kappa shape index (κ3) is 6.95. The summed E-state index contributed by atoms with van der Waals surface area (Å²) >= 11 is 0. The first-order chi connectivity index (χ1) is 20.1. The molecule has 0 fully saturated rings. The zero-order valence-electron chi connectivity index (χ0n) is 24.5. The van der Waals surface area contributed by atoms with Crippen LogP contribution >= 0.6 is 0 Å². The molecule has 1 aliphatic rings. The normalized spacial score (nSPS) is 17.5. The third-order valence-corrected chi connectivity index (χ3v) is 7.20. The summed E-state index contributed by atoms with van der Waals surface area (Å²) in [5.74, 6) is -2.35. The van der Waals surface area contributed by atoms with Crippen LogP contribution in [0.2, 0.25) is 0 Å². The Bertz CT molecular complexity index is 1390. The number of nitrogens with zero attached hydrogens (tertiary/aromatic N) is 5. The van der Waals surface area contributed by atoms with Crippen molar-refractivity contribution in [1.82, 2.24) is 15.2 Å². The Morgan fingerprint density at radius 3 is 2.50 bits per heavy atom. The van der Waals surface area contributed by atoms with Crippen molar-refractivity contribution in [2.75, 3.05) is 25.0 Å². The Hall–Kier alpha value is -4.28. The quantitative estimate of drug-likeness (QED) is 0.157. The molecular formula is C31H37F3N6O2. The number of dihydropyridines is 1. The molecule has 2 heterocycles. The number of amides is 2. The summed E-state index contributed by atoms with van der Waals surface area (Å²) in [6.07, 6.45) is 6.94. The molecule has 0 radical (unpaired) electrons. The Balaban J connectivity index is 2.34. The first kappa shape index (κ1) is 32.2. The molecule has 8 nitrogen and oxygen atoms in total. The fourth-order valence-electron chi connectivity index (χ4n) is 5.09. The number of hydrogen-bond donors (Lipinski definition) is 1. The highest BCUT2D eigenvalue weighted by Crippen LogP contribution is 2.34. The standard InChI is InChI=1S/C31H37F3N6O2/c1-7-8-13-39(21(5)16-36-17-41)30(35-6)24-15-26(34)28(23-10-9-22(32)14-25(23)33)38-31(24)40(18-42)29-20(4)11-12-37-27(29)19(2)3/h7,9-12,14-15,17-19,21,27,29H,1,8,13,16H2,2-6H3,(H,36,41)/b35-30+. The van der Waals surface area contributed by atoms with Gasteiger partial charge in [-0.1, -0.05) is 19.9 Å². The molecule has 3 unspecified atom stereocenters. The average molecular weight is 583 g/mol. The van der Waals surface area contributed by atoms with E-state index in [1.54, 1.807) is 18.4 Å². The summed E-state index contributed by atoms with van der Waals surface area (Å²) in [6.45, 7) is 12.2. The van der Waals surface area contributed by atoms with Gasteiger partial charge in [0, 0.05) is 44.0 Å². The van der Waals surface area contributed by atoms with Crippen LogP contribution in [0.4, 0.5) is 19.0 Å². The minimum atomic E-state index is -0.998. The SMILES string of the molecule is C=CCCN(/C(=N/C)c1cc(F)c(-c2ccc(F)cc2F)nc1N(C=O)C1C(C)=CC=NC1C(C)C)C(C)CNC=O. The molecule has 0 aliphatic carbocycles. The van der Waals surface area contributed by atoms with Gasteiger partial charge in [0.2, 0.25) is 12.8 Å². The number of amidine groups is 1. The number of anilines is 1. The second-order valence-electron chi connectivity index (χ2n) is 10.4. The zero-order valence-corrected chi connectivity index (χ0v) is 24.5. The van der Waals surface area contributed by atoms with Crippen LogP contribution in [0.3, 0.4) is 0 Å². The maximum Gasteiger partial charge on any atom is 0.215 e. The van der Waals surface area contributed by atoms with Crippen molar-refractivity contribution >= 4 is 30.7 Å². The number of benzene rings is 1. The smallest absolute Gasteiger partial charge is 0.215 e. The van der Waals surface area contributed by atoms with E-state index in [4.69, 9.17) is 0 Å². The Morgan fingerprint density at radius 2 is 1.90 bits per heavy atom. The molecule has 1 N–H and O–H groups in total. The van der Waals surface area contributed by atoms with Gasteiger partial charge in [0.15, 0.2) is 0 Å². The van der Waals surface area contributed by atoms with Crippen molar-refractivity contribution < 1.29 is 22.8 Å². The van der Waals surface area contributed by atoms with Crippen LogP contribution in [0.15, 0.2) is 58.6 Å². The first-order valence-electron chi connectivity index (χ1n) is 13.7. The number of pyridine rings is 1. The van der Waals surface area contributed by atoms with Crippen LogP contribution in [-0.4, -0.2) is 73.0 Å². The lowest BCUT2D eigenvalue weighted by molar-refractivity contribution is -0.110. The van der Waals surface area contributed by atoms with E-state index in [1.807, 2.05) is 32.6 Å². The van der Waals surface area contributed by atoms with E-state index in [9.17, 15) is 18.4 Å². The molecule has 3 rings (SSSR count). The number of carbonyl (C=O) groups excluding carboxylic acids is 2. The molecule has 42 heavy (non-hydrogen) atoms. The summed E-state index contributed by atoms with van der Waals surface area (Å²) in [7, 11) is 1.53. The van der Waals surface area contributed by atoms with Crippen LogP contribution in [0.5, 0.6) is 0 Å². The van der Waals surface area contributed by atoms with Crippen LogP contribution in [-0.2, 0) is 9.59 Å². The van der Waals surface area contributed by atoms with Gasteiger partial charge in [0.05, 0.1) is 17.6 Å². The summed E-state index contributed by atoms with van der Waals surface area (Å²) < 4.78 is 44.5. The van der Waals surface area contributed by atoms with E-state index in [-0.39, 0.29) is 47.2 Å². The molecule has 11 heteroatoms. The topological polar surface area (TPSA) is 90.3 Å². The molecule has 2 aromatic rings. The van der Waals surface area contributed by atoms with Gasteiger partial charge in [0.1, 0.15) is 34.8 Å². The summed E-state index contributed by atoms with van der Waals surface area (Å²) in [6, 6.07) is 2.71. The van der Waals surface area contributed by atoms with Crippen LogP contribution in [0.1, 0.15) is 39.7 Å². The Labute approximate surface area is 244 Å². The maximum absolute atomic E-state index is 15.9. The van der Waals surface area contributed by atoms with Crippen molar-refractivity contribution in [1.29, 1.82) is 0 Å². The van der Waals surface area contributed by atoms with Crippen molar-refractivity contribution in [3.8, 4) is 11.3 Å². The van der Waals surface area contributed by atoms with Crippen LogP contribution < -0.4 is 10.2 Å². The van der Waals surface area contributed by atoms with Gasteiger partial charge in [-0.15, -0.1) is 6.58 Å². The number of nitrogens with one attached hydrogen (secondary N) is 1. The Kier molecular flexibility index (Phi) is 11.2. The van der Waals surface area contributed by atoms with E-state index in [0.717, 1.165) is 23.8 Å². The number of allylic oxidation sites excluding steroid dienone is 1. The largest absolute Gasteiger partial charge is 0.357 e. The number of hydrogen-bond acceptors (Lipinski definition) is 5. The summed E-state index contributed by atoms with van der Waals surface area (Å²) in [4.78, 5) is 40.8. The Morgan fingerprint density at radius 1 is 1.17 bits per heavy atom. The second-order valence-corrected chi connectivity index (χ2v) is 10.4. The van der Waals surface area contributed by atoms with E-state index < -0.39 is 23.5 Å². The van der Waals surface area contributed by atoms with Gasteiger partial charge in [-0.05, 0) is 56.0 Å². The number of halogens is 3. The highest BCUT2D eigenvalue weighted by Gasteiger charge is 2.36. The molecule has 0 saturated heterocycles. The van der Waals surface area contributed by atoms with Crippen molar-refractivity contribution in [2.45, 2.75) is 52.2 Å². The molecule has 0 saturated carbocycles. The monoisotopic (exact) mass is 582 g/mol. The lowest BCUT2D eigenvalue weighted by Crippen LogP contribution is -2.49. The van der Waals surface area contributed by atoms with Crippen molar-refractivity contribution in [2.24, 2.45) is 15.9 Å². The van der Waals surface area contributed by atoms with Gasteiger partial charge >= 0.3 is 0 Å². The molecule has 0 spiro atoms. The van der Waals surface area contributed by atoms with Gasteiger partial charge < -0.3 is 10.2 Å². The minimum Gasteiger partial charge on any atom is -0.357 e. The molecule has 2 amide bonds. The second kappa shape index (κ2) is 14.6. The van der Waals surface area contributed by atoms with Gasteiger partial charge in [-0.2, -0.15) is 0 Å². The molecule has 224 valence electrons. The fourth-order valence-corrected chi connectivity index (χ4v) is 5.09. The van der Waals surface area contributed by atoms with E-state index in [2.05, 4.69) is 26.9 Å². The highest BCUT2D eigenvalue weighted by atomic mass is 19.1. The van der Waals surface area contributed by atoms with E-state index >= 15 is 4.39 Å². The molecule has 1 aromatic heterocycles. The van der Waals surface area contributed by atoms with Crippen molar-refractivity contribution in [3.05, 3.63) is 71.6 Å². The van der Waals surface area contributed by atoms with Gasteiger partial charge in [-0.3, -0.25) is 24.5 Å². The number of rotatable bonds is 13. The minimum absolute atomic E-state index is 0.0214. The average Bonchev–Trinajstić information content (AvgIpc) is 2.96. The van der Waals surface area contributed by atoms with Crippen molar-refractivity contribution in [3.63, 3.8) is 0 Å². The molecule has 0 bridgehead atoms. The maximum atomic E-state index is 15.9. The molecule has 1 aliphatic heterocycles. The predicted molar refractivity (Wildman–Crippen MR) is 160 cm³/mol. The highest BCUT2D eigenvalue weighted by molar-refractivity contribution is 6.05. The molecular weight excluding hydrogens is 545 g/mol. The fraction of sp³-hybridized carbons (Fsp3) is 0.387. The first-order valence-corrected chi connectivity index (χ1v) is 13.7. The van der Waals surface area contributed by atoms with E-state index in [0.29, 0.717) is 37.7 Å². The lowest BCUT2D eigenvalue weighted by atomic mass is 9.89. The van der Waals surface area contributed by atoms with Gasteiger partial charge in [-0.25, -0.2) is 18.2 Å². The lowest BCUT2D eigenvalue weighted by Gasteiger charge is -2.38. The van der Waals surface area contributed by atoms with Crippen LogP contribution in [0, 0.1) is 23.4 Å². The summed E-state index contributed by atoms with van der Waals surface area (Å²) in [5.41, 5.74) is 0.359. The number of aromatic nitrogens is 1. The predicted octanol–water partition coefficient (Wildman–Crippen LogP) is 4.94. The third-order valence-electron chi connectivity index (χ3n) is 7.20. The molecule has 1 aromatic carbocycles. The zero-order chi connectivity index (χ0) is 31.0. The van der Waals surface area contributed by atoms with E-state index in [1.165, 1.54) is 11.9 Å². The van der Waals surface area contributed by atoms with Crippen LogP contribution in [0.25, 0.3) is 11.3 Å². The number of aliphatic imine (C=N–C) groups is 2. The summed E-state index contributed by atoms with van der Waals surface area (Å²) in [5, 5.41) is 2.66. The number of carbonyl (C=O) groups is 2.